The number of hydrogen-bond donors (Lipinski definition) is 1. The van der Waals surface area contributed by atoms with Crippen LogP contribution >= 0.6 is 11.3 Å². The van der Waals surface area contributed by atoms with Crippen molar-refractivity contribution in [1.29, 1.82) is 0 Å². The third-order valence-electron chi connectivity index (χ3n) is 3.13. The number of nitrogens with zero attached hydrogens (tertiary/aromatic N) is 2. The van der Waals surface area contributed by atoms with E-state index in [1.165, 1.54) is 11.3 Å². The zero-order chi connectivity index (χ0) is 13.0. The predicted octanol–water partition coefficient (Wildman–Crippen LogP) is 2.05. The Morgan fingerprint density at radius 2 is 2.39 bits per heavy atom. The Bertz CT molecular complexity index is 401. The molecule has 1 fully saturated rings. The van der Waals surface area contributed by atoms with Gasteiger partial charge < -0.3 is 10.6 Å². The van der Waals surface area contributed by atoms with Gasteiger partial charge in [-0.05, 0) is 25.8 Å². The van der Waals surface area contributed by atoms with Crippen molar-refractivity contribution >= 4 is 17.2 Å². The van der Waals surface area contributed by atoms with Crippen molar-refractivity contribution in [2.24, 2.45) is 5.73 Å². The van der Waals surface area contributed by atoms with Crippen LogP contribution in [0, 0.1) is 0 Å². The molecule has 0 atom stereocenters. The van der Waals surface area contributed by atoms with E-state index in [0.29, 0.717) is 18.3 Å². The molecule has 0 bridgehead atoms. The van der Waals surface area contributed by atoms with Gasteiger partial charge in [-0.3, -0.25) is 4.79 Å². The summed E-state index contributed by atoms with van der Waals surface area (Å²) in [5.74, 6) is 0.102. The molecule has 1 aliphatic rings. The standard InChI is InChI=1S/C13H21N3OS/c1-2-3-8-16(10-4-5-10)13(17)11-9-18-12(15-11)6-7-14/h9-10H,2-8,14H2,1H3. The van der Waals surface area contributed by atoms with Gasteiger partial charge in [-0.25, -0.2) is 4.98 Å². The number of rotatable bonds is 7. The highest BCUT2D eigenvalue weighted by Gasteiger charge is 2.33. The summed E-state index contributed by atoms with van der Waals surface area (Å²) in [7, 11) is 0. The molecule has 0 radical (unpaired) electrons. The van der Waals surface area contributed by atoms with Crippen LogP contribution < -0.4 is 5.73 Å². The quantitative estimate of drug-likeness (QED) is 0.822. The van der Waals surface area contributed by atoms with Gasteiger partial charge in [-0.2, -0.15) is 0 Å². The van der Waals surface area contributed by atoms with E-state index < -0.39 is 0 Å². The fourth-order valence-electron chi connectivity index (χ4n) is 1.96. The number of hydrogen-bond acceptors (Lipinski definition) is 4. The molecule has 0 spiro atoms. The van der Waals surface area contributed by atoms with E-state index in [0.717, 1.165) is 43.7 Å². The van der Waals surface area contributed by atoms with Crippen LogP contribution in [0.5, 0.6) is 0 Å². The number of carbonyl (C=O) groups is 1. The Kier molecular flexibility index (Phi) is 4.72. The van der Waals surface area contributed by atoms with Gasteiger partial charge in [0.15, 0.2) is 0 Å². The fourth-order valence-corrected chi connectivity index (χ4v) is 2.75. The normalized spacial score (nSPS) is 14.8. The molecule has 0 unspecified atom stereocenters. The summed E-state index contributed by atoms with van der Waals surface area (Å²) in [5.41, 5.74) is 6.10. The van der Waals surface area contributed by atoms with Gasteiger partial charge in [0.1, 0.15) is 5.69 Å². The number of unbranched alkanes of at least 4 members (excludes halogenated alkanes) is 1. The van der Waals surface area contributed by atoms with Crippen molar-refractivity contribution in [3.63, 3.8) is 0 Å². The third-order valence-corrected chi connectivity index (χ3v) is 4.04. The lowest BCUT2D eigenvalue weighted by Crippen LogP contribution is -2.34. The van der Waals surface area contributed by atoms with Crippen molar-refractivity contribution in [2.45, 2.75) is 45.1 Å². The maximum atomic E-state index is 12.4. The molecule has 2 rings (SSSR count). The first-order valence-corrected chi connectivity index (χ1v) is 7.59. The minimum atomic E-state index is 0.102. The van der Waals surface area contributed by atoms with Gasteiger partial charge in [-0.1, -0.05) is 13.3 Å². The second-order valence-corrected chi connectivity index (χ2v) is 5.69. The summed E-state index contributed by atoms with van der Waals surface area (Å²) in [5, 5.41) is 2.83. The van der Waals surface area contributed by atoms with Crippen LogP contribution in [0.3, 0.4) is 0 Å². The predicted molar refractivity (Wildman–Crippen MR) is 73.8 cm³/mol. The average molecular weight is 267 g/mol. The lowest BCUT2D eigenvalue weighted by Gasteiger charge is -2.21. The minimum absolute atomic E-state index is 0.102. The van der Waals surface area contributed by atoms with Gasteiger partial charge in [0.05, 0.1) is 5.01 Å². The van der Waals surface area contributed by atoms with Crippen LogP contribution in [0.25, 0.3) is 0 Å². The molecule has 1 aliphatic carbocycles. The van der Waals surface area contributed by atoms with Gasteiger partial charge in [0, 0.05) is 24.4 Å². The summed E-state index contributed by atoms with van der Waals surface area (Å²) < 4.78 is 0. The molecule has 18 heavy (non-hydrogen) atoms. The van der Waals surface area contributed by atoms with E-state index in [2.05, 4.69) is 11.9 Å². The van der Waals surface area contributed by atoms with E-state index in [1.807, 2.05) is 10.3 Å². The van der Waals surface area contributed by atoms with E-state index in [-0.39, 0.29) is 5.91 Å². The smallest absolute Gasteiger partial charge is 0.273 e. The number of carbonyl (C=O) groups excluding carboxylic acids is 1. The van der Waals surface area contributed by atoms with E-state index in [1.54, 1.807) is 0 Å². The molecule has 0 aromatic carbocycles. The largest absolute Gasteiger partial charge is 0.334 e. The second kappa shape index (κ2) is 6.29. The van der Waals surface area contributed by atoms with Crippen LogP contribution in [-0.4, -0.2) is 34.9 Å². The maximum absolute atomic E-state index is 12.4. The highest BCUT2D eigenvalue weighted by Crippen LogP contribution is 2.28. The van der Waals surface area contributed by atoms with E-state index >= 15 is 0 Å². The van der Waals surface area contributed by atoms with Crippen LogP contribution in [0.1, 0.15) is 48.1 Å². The van der Waals surface area contributed by atoms with Crippen molar-refractivity contribution < 1.29 is 4.79 Å². The van der Waals surface area contributed by atoms with E-state index in [4.69, 9.17) is 5.73 Å². The monoisotopic (exact) mass is 267 g/mol. The molecule has 1 heterocycles. The van der Waals surface area contributed by atoms with Crippen molar-refractivity contribution in [3.05, 3.63) is 16.1 Å². The topological polar surface area (TPSA) is 59.2 Å². The van der Waals surface area contributed by atoms with E-state index in [9.17, 15) is 4.79 Å². The number of thiazole rings is 1. The average Bonchev–Trinajstić information content (AvgIpc) is 3.09. The number of nitrogens with two attached hydrogens (primary N) is 1. The van der Waals surface area contributed by atoms with Gasteiger partial charge >= 0.3 is 0 Å². The molecule has 2 N–H and O–H groups in total. The van der Waals surface area contributed by atoms with Gasteiger partial charge in [0.2, 0.25) is 0 Å². The van der Waals surface area contributed by atoms with Crippen molar-refractivity contribution in [2.75, 3.05) is 13.1 Å². The second-order valence-electron chi connectivity index (χ2n) is 4.75. The van der Waals surface area contributed by atoms with Crippen LogP contribution in [0.15, 0.2) is 5.38 Å². The lowest BCUT2D eigenvalue weighted by molar-refractivity contribution is 0.0735. The minimum Gasteiger partial charge on any atom is -0.334 e. The molecule has 100 valence electrons. The lowest BCUT2D eigenvalue weighted by atomic mass is 10.3. The molecule has 5 heteroatoms. The molecular formula is C13H21N3OS. The zero-order valence-corrected chi connectivity index (χ0v) is 11.7. The molecular weight excluding hydrogens is 246 g/mol. The Balaban J connectivity index is 2.01. The fraction of sp³-hybridized carbons (Fsp3) is 0.692. The van der Waals surface area contributed by atoms with Crippen LogP contribution in [-0.2, 0) is 6.42 Å². The van der Waals surface area contributed by atoms with Gasteiger partial charge in [0.25, 0.3) is 5.91 Å². The van der Waals surface area contributed by atoms with Crippen molar-refractivity contribution in [3.8, 4) is 0 Å². The molecule has 0 aliphatic heterocycles. The van der Waals surface area contributed by atoms with Crippen LogP contribution in [0.2, 0.25) is 0 Å². The summed E-state index contributed by atoms with van der Waals surface area (Å²) in [6.07, 6.45) is 5.24. The Morgan fingerprint density at radius 1 is 1.61 bits per heavy atom. The Morgan fingerprint density at radius 3 is 3.00 bits per heavy atom. The summed E-state index contributed by atoms with van der Waals surface area (Å²) in [6.45, 7) is 3.60. The summed E-state index contributed by atoms with van der Waals surface area (Å²) in [6, 6.07) is 0.462. The van der Waals surface area contributed by atoms with Gasteiger partial charge in [-0.15, -0.1) is 11.3 Å². The number of amides is 1. The molecule has 1 saturated carbocycles. The third kappa shape index (κ3) is 3.29. The molecule has 1 aromatic rings. The highest BCUT2D eigenvalue weighted by atomic mass is 32.1. The first-order chi connectivity index (χ1) is 8.76. The molecule has 4 nitrogen and oxygen atoms in total. The Hall–Kier alpha value is -0.940. The zero-order valence-electron chi connectivity index (χ0n) is 10.9. The summed E-state index contributed by atoms with van der Waals surface area (Å²) >= 11 is 1.54. The maximum Gasteiger partial charge on any atom is 0.273 e. The molecule has 0 saturated heterocycles. The highest BCUT2D eigenvalue weighted by molar-refractivity contribution is 7.09. The summed E-state index contributed by atoms with van der Waals surface area (Å²) in [4.78, 5) is 18.8. The first-order valence-electron chi connectivity index (χ1n) is 6.71. The SMILES string of the molecule is CCCCN(C(=O)c1csc(CCN)n1)C1CC1. The number of aromatic nitrogens is 1. The molecule has 1 aromatic heterocycles. The van der Waals surface area contributed by atoms with Crippen LogP contribution in [0.4, 0.5) is 0 Å². The molecule has 1 amide bonds. The first kappa shape index (κ1) is 13.5. The van der Waals surface area contributed by atoms with Crippen molar-refractivity contribution in [1.82, 2.24) is 9.88 Å². The Labute approximate surface area is 112 Å².